The molecule has 0 radical (unpaired) electrons. The van der Waals surface area contributed by atoms with Crippen molar-refractivity contribution in [3.05, 3.63) is 66.2 Å². The Kier molecular flexibility index (Phi) is 6.56. The number of hydrogen-bond donors (Lipinski definition) is 2. The highest BCUT2D eigenvalue weighted by Gasteiger charge is 2.18. The van der Waals surface area contributed by atoms with Crippen molar-refractivity contribution in [3.8, 4) is 11.5 Å². The standard InChI is InChI=1S/C21H24N2O5S/c1-3-10-22-29(25,26)18-7-4-6-17(13-18)21(24)23-15(2)16-8-9-19-20(14-16)28-12-5-11-27-19/h3-4,6-9,13-15,22H,1,5,10-12H2,2H3,(H,23,24). The Morgan fingerprint density at radius 2 is 1.93 bits per heavy atom. The van der Waals surface area contributed by atoms with Gasteiger partial charge < -0.3 is 14.8 Å². The average Bonchev–Trinajstić information content (AvgIpc) is 2.97. The van der Waals surface area contributed by atoms with Crippen molar-refractivity contribution in [2.45, 2.75) is 24.3 Å². The van der Waals surface area contributed by atoms with Crippen LogP contribution in [0.5, 0.6) is 11.5 Å². The third-order valence-corrected chi connectivity index (χ3v) is 5.86. The maximum Gasteiger partial charge on any atom is 0.251 e. The van der Waals surface area contributed by atoms with Gasteiger partial charge in [-0.25, -0.2) is 13.1 Å². The van der Waals surface area contributed by atoms with E-state index in [1.165, 1.54) is 24.3 Å². The van der Waals surface area contributed by atoms with Gasteiger partial charge in [0, 0.05) is 18.5 Å². The second kappa shape index (κ2) is 9.11. The monoisotopic (exact) mass is 416 g/mol. The SMILES string of the molecule is C=CCNS(=O)(=O)c1cccc(C(=O)NC(C)c2ccc3c(c2)OCCCO3)c1. The fourth-order valence-corrected chi connectivity index (χ4v) is 3.91. The lowest BCUT2D eigenvalue weighted by Crippen LogP contribution is -2.27. The normalized spacial score (nSPS) is 14.5. The lowest BCUT2D eigenvalue weighted by atomic mass is 10.1. The topological polar surface area (TPSA) is 93.7 Å². The molecule has 0 aliphatic carbocycles. The summed E-state index contributed by atoms with van der Waals surface area (Å²) in [5, 5.41) is 2.89. The van der Waals surface area contributed by atoms with E-state index in [-0.39, 0.29) is 29.0 Å². The molecule has 0 fully saturated rings. The van der Waals surface area contributed by atoms with Crippen molar-refractivity contribution in [2.24, 2.45) is 0 Å². The molecule has 1 amide bonds. The molecule has 1 atom stereocenters. The smallest absolute Gasteiger partial charge is 0.251 e. The van der Waals surface area contributed by atoms with Gasteiger partial charge >= 0.3 is 0 Å². The van der Waals surface area contributed by atoms with Crippen LogP contribution in [0.4, 0.5) is 0 Å². The Morgan fingerprint density at radius 3 is 2.69 bits per heavy atom. The minimum atomic E-state index is -3.70. The Hall–Kier alpha value is -2.84. The lowest BCUT2D eigenvalue weighted by Gasteiger charge is -2.17. The van der Waals surface area contributed by atoms with Crippen LogP contribution in [0, 0.1) is 0 Å². The van der Waals surface area contributed by atoms with Gasteiger partial charge in [-0.05, 0) is 42.8 Å². The number of nitrogens with one attached hydrogen (secondary N) is 2. The number of fused-ring (bicyclic) bond motifs is 1. The summed E-state index contributed by atoms with van der Waals surface area (Å²) in [4.78, 5) is 12.7. The highest BCUT2D eigenvalue weighted by atomic mass is 32.2. The first-order chi connectivity index (χ1) is 13.9. The van der Waals surface area contributed by atoms with Crippen LogP contribution in [0.1, 0.15) is 35.3 Å². The summed E-state index contributed by atoms with van der Waals surface area (Å²) in [5.41, 5.74) is 1.12. The van der Waals surface area contributed by atoms with Gasteiger partial charge in [-0.2, -0.15) is 0 Å². The molecule has 7 nitrogen and oxygen atoms in total. The van der Waals surface area contributed by atoms with E-state index in [0.29, 0.717) is 24.7 Å². The Labute approximate surface area is 170 Å². The van der Waals surface area contributed by atoms with Crippen LogP contribution in [0.3, 0.4) is 0 Å². The lowest BCUT2D eigenvalue weighted by molar-refractivity contribution is 0.0939. The molecular formula is C21H24N2O5S. The van der Waals surface area contributed by atoms with Crippen molar-refractivity contribution in [1.82, 2.24) is 10.0 Å². The van der Waals surface area contributed by atoms with Gasteiger partial charge in [0.2, 0.25) is 10.0 Å². The minimum absolute atomic E-state index is 0.0234. The van der Waals surface area contributed by atoms with E-state index in [1.54, 1.807) is 6.07 Å². The van der Waals surface area contributed by atoms with E-state index < -0.39 is 10.0 Å². The minimum Gasteiger partial charge on any atom is -0.490 e. The van der Waals surface area contributed by atoms with E-state index in [4.69, 9.17) is 9.47 Å². The summed E-state index contributed by atoms with van der Waals surface area (Å²) in [6.45, 7) is 6.64. The summed E-state index contributed by atoms with van der Waals surface area (Å²) in [6.07, 6.45) is 2.27. The first-order valence-electron chi connectivity index (χ1n) is 9.32. The Balaban J connectivity index is 1.74. The first kappa shape index (κ1) is 20.9. The Morgan fingerprint density at radius 1 is 1.17 bits per heavy atom. The molecule has 1 aliphatic rings. The van der Waals surface area contributed by atoms with E-state index in [2.05, 4.69) is 16.6 Å². The quantitative estimate of drug-likeness (QED) is 0.677. The molecule has 1 heterocycles. The Bertz CT molecular complexity index is 1000. The maximum absolute atomic E-state index is 12.7. The molecule has 0 aromatic heterocycles. The molecule has 0 bridgehead atoms. The van der Waals surface area contributed by atoms with Gasteiger partial charge in [0.05, 0.1) is 24.2 Å². The van der Waals surface area contributed by atoms with E-state index in [0.717, 1.165) is 12.0 Å². The highest BCUT2D eigenvalue weighted by Crippen LogP contribution is 2.32. The summed E-state index contributed by atoms with van der Waals surface area (Å²) < 4.78 is 38.2. The van der Waals surface area contributed by atoms with Crippen molar-refractivity contribution >= 4 is 15.9 Å². The number of sulfonamides is 1. The highest BCUT2D eigenvalue weighted by molar-refractivity contribution is 7.89. The predicted octanol–water partition coefficient (Wildman–Crippen LogP) is 2.80. The molecule has 0 saturated heterocycles. The van der Waals surface area contributed by atoms with Crippen molar-refractivity contribution < 1.29 is 22.7 Å². The number of rotatable bonds is 7. The third-order valence-electron chi connectivity index (χ3n) is 4.44. The maximum atomic E-state index is 12.7. The van der Waals surface area contributed by atoms with E-state index >= 15 is 0 Å². The second-order valence-electron chi connectivity index (χ2n) is 6.62. The molecule has 2 aromatic rings. The molecule has 2 N–H and O–H groups in total. The van der Waals surface area contributed by atoms with Crippen LogP contribution in [-0.4, -0.2) is 34.1 Å². The van der Waals surface area contributed by atoms with Crippen LogP contribution in [-0.2, 0) is 10.0 Å². The number of ether oxygens (including phenoxy) is 2. The number of benzene rings is 2. The van der Waals surface area contributed by atoms with Crippen LogP contribution in [0.25, 0.3) is 0 Å². The zero-order valence-electron chi connectivity index (χ0n) is 16.2. The zero-order chi connectivity index (χ0) is 20.9. The summed E-state index contributed by atoms with van der Waals surface area (Å²) in [7, 11) is -3.70. The van der Waals surface area contributed by atoms with Gasteiger partial charge in [-0.15, -0.1) is 6.58 Å². The van der Waals surface area contributed by atoms with Crippen molar-refractivity contribution in [3.63, 3.8) is 0 Å². The number of carbonyl (C=O) groups is 1. The van der Waals surface area contributed by atoms with E-state index in [1.807, 2.05) is 25.1 Å². The third kappa shape index (κ3) is 5.16. The van der Waals surface area contributed by atoms with E-state index in [9.17, 15) is 13.2 Å². The molecule has 154 valence electrons. The van der Waals surface area contributed by atoms with Crippen molar-refractivity contribution in [1.29, 1.82) is 0 Å². The van der Waals surface area contributed by atoms with Crippen LogP contribution in [0.2, 0.25) is 0 Å². The molecule has 8 heteroatoms. The summed E-state index contributed by atoms with van der Waals surface area (Å²) in [6, 6.07) is 11.1. The summed E-state index contributed by atoms with van der Waals surface area (Å²) in [5.74, 6) is 0.975. The first-order valence-corrected chi connectivity index (χ1v) is 10.8. The molecule has 2 aromatic carbocycles. The van der Waals surface area contributed by atoms with Gasteiger partial charge in [0.25, 0.3) is 5.91 Å². The van der Waals surface area contributed by atoms with Crippen LogP contribution >= 0.6 is 0 Å². The van der Waals surface area contributed by atoms with Crippen LogP contribution in [0.15, 0.2) is 60.0 Å². The number of carbonyl (C=O) groups excluding carboxylic acids is 1. The summed E-state index contributed by atoms with van der Waals surface area (Å²) >= 11 is 0. The molecule has 1 aliphatic heterocycles. The molecule has 29 heavy (non-hydrogen) atoms. The fraction of sp³-hybridized carbons (Fsp3) is 0.286. The second-order valence-corrected chi connectivity index (χ2v) is 8.39. The van der Waals surface area contributed by atoms with Gasteiger partial charge in [0.15, 0.2) is 11.5 Å². The number of hydrogen-bond acceptors (Lipinski definition) is 5. The van der Waals surface area contributed by atoms with Gasteiger partial charge in [-0.1, -0.05) is 18.2 Å². The fourth-order valence-electron chi connectivity index (χ4n) is 2.87. The van der Waals surface area contributed by atoms with Gasteiger partial charge in [0.1, 0.15) is 0 Å². The molecular weight excluding hydrogens is 392 g/mol. The van der Waals surface area contributed by atoms with Gasteiger partial charge in [-0.3, -0.25) is 4.79 Å². The zero-order valence-corrected chi connectivity index (χ0v) is 17.0. The number of amides is 1. The molecule has 0 spiro atoms. The molecule has 3 rings (SSSR count). The molecule has 0 saturated carbocycles. The predicted molar refractivity (Wildman–Crippen MR) is 110 cm³/mol. The molecule has 1 unspecified atom stereocenters. The average molecular weight is 416 g/mol. The van der Waals surface area contributed by atoms with Crippen LogP contribution < -0.4 is 19.5 Å². The largest absolute Gasteiger partial charge is 0.490 e. The van der Waals surface area contributed by atoms with Crippen molar-refractivity contribution in [2.75, 3.05) is 19.8 Å².